The van der Waals surface area contributed by atoms with Gasteiger partial charge in [0.1, 0.15) is 5.75 Å². The lowest BCUT2D eigenvalue weighted by Crippen LogP contribution is -2.25. The Morgan fingerprint density at radius 3 is 2.71 bits per heavy atom. The number of carbonyl (C=O) groups is 1. The molecule has 1 aromatic heterocycles. The van der Waals surface area contributed by atoms with Crippen molar-refractivity contribution in [1.29, 1.82) is 0 Å². The first-order valence-corrected chi connectivity index (χ1v) is 7.86. The number of carbonyl (C=O) groups excluding carboxylic acids is 1. The van der Waals surface area contributed by atoms with Crippen LogP contribution < -0.4 is 10.1 Å². The van der Waals surface area contributed by atoms with Gasteiger partial charge < -0.3 is 15.2 Å². The topological polar surface area (TPSA) is 58.6 Å². The number of thiophene rings is 1. The number of nitrogens with one attached hydrogen (secondary N) is 1. The Kier molecular flexibility index (Phi) is 5.78. The highest BCUT2D eigenvalue weighted by molar-refractivity contribution is 7.07. The first-order valence-electron chi connectivity index (χ1n) is 6.92. The summed E-state index contributed by atoms with van der Waals surface area (Å²) in [6.45, 7) is 2.95. The van der Waals surface area contributed by atoms with Crippen LogP contribution in [-0.4, -0.2) is 24.2 Å². The van der Waals surface area contributed by atoms with E-state index in [0.717, 1.165) is 11.3 Å². The molecule has 0 saturated heterocycles. The standard InChI is InChI=1S/C16H19NO3S/c1-2-20-14-5-3-12(4-6-14)16(19)17-9-7-15(18)13-8-10-21-11-13/h3-6,8,10-11,15,18H,2,7,9H2,1H3,(H,17,19). The van der Waals surface area contributed by atoms with Crippen molar-refractivity contribution < 1.29 is 14.6 Å². The molecule has 1 aromatic carbocycles. The molecular formula is C16H19NO3S. The van der Waals surface area contributed by atoms with E-state index in [2.05, 4.69) is 5.32 Å². The number of hydrogen-bond donors (Lipinski definition) is 2. The average Bonchev–Trinajstić information content (AvgIpc) is 3.02. The monoisotopic (exact) mass is 305 g/mol. The number of hydrogen-bond acceptors (Lipinski definition) is 4. The second-order valence-electron chi connectivity index (χ2n) is 4.57. The zero-order valence-electron chi connectivity index (χ0n) is 11.9. The molecule has 5 heteroatoms. The van der Waals surface area contributed by atoms with Gasteiger partial charge in [-0.3, -0.25) is 4.79 Å². The van der Waals surface area contributed by atoms with Crippen LogP contribution in [-0.2, 0) is 0 Å². The van der Waals surface area contributed by atoms with Crippen molar-refractivity contribution in [2.24, 2.45) is 0 Å². The minimum absolute atomic E-state index is 0.143. The van der Waals surface area contributed by atoms with Crippen LogP contribution in [0.3, 0.4) is 0 Å². The van der Waals surface area contributed by atoms with Gasteiger partial charge in [0.05, 0.1) is 12.7 Å². The van der Waals surface area contributed by atoms with Crippen molar-refractivity contribution in [3.05, 3.63) is 52.2 Å². The van der Waals surface area contributed by atoms with Gasteiger partial charge >= 0.3 is 0 Å². The summed E-state index contributed by atoms with van der Waals surface area (Å²) < 4.78 is 5.33. The predicted molar refractivity (Wildman–Crippen MR) is 83.8 cm³/mol. The van der Waals surface area contributed by atoms with Crippen LogP contribution in [0.4, 0.5) is 0 Å². The van der Waals surface area contributed by atoms with Crippen molar-refractivity contribution in [1.82, 2.24) is 5.32 Å². The van der Waals surface area contributed by atoms with Crippen molar-refractivity contribution in [3.63, 3.8) is 0 Å². The average molecular weight is 305 g/mol. The zero-order chi connectivity index (χ0) is 15.1. The molecule has 0 fully saturated rings. The van der Waals surface area contributed by atoms with Gasteiger partial charge in [-0.05, 0) is 60.0 Å². The van der Waals surface area contributed by atoms with Crippen LogP contribution in [0.25, 0.3) is 0 Å². The highest BCUT2D eigenvalue weighted by Crippen LogP contribution is 2.18. The quantitative estimate of drug-likeness (QED) is 0.826. The Morgan fingerprint density at radius 1 is 1.33 bits per heavy atom. The molecule has 1 atom stereocenters. The van der Waals surface area contributed by atoms with Gasteiger partial charge in [0.15, 0.2) is 0 Å². The molecule has 2 rings (SSSR count). The van der Waals surface area contributed by atoms with E-state index in [4.69, 9.17) is 4.74 Å². The molecule has 0 aliphatic heterocycles. The molecular weight excluding hydrogens is 286 g/mol. The fourth-order valence-corrected chi connectivity index (χ4v) is 2.63. The maximum Gasteiger partial charge on any atom is 0.251 e. The lowest BCUT2D eigenvalue weighted by molar-refractivity contribution is 0.0942. The Morgan fingerprint density at radius 2 is 2.10 bits per heavy atom. The second kappa shape index (κ2) is 7.81. The minimum Gasteiger partial charge on any atom is -0.494 e. The number of benzene rings is 1. The van der Waals surface area contributed by atoms with Gasteiger partial charge in [-0.2, -0.15) is 11.3 Å². The van der Waals surface area contributed by atoms with E-state index >= 15 is 0 Å². The summed E-state index contributed by atoms with van der Waals surface area (Å²) in [4.78, 5) is 12.0. The third-order valence-electron chi connectivity index (χ3n) is 3.06. The number of amides is 1. The fourth-order valence-electron chi connectivity index (χ4n) is 1.92. The highest BCUT2D eigenvalue weighted by atomic mass is 32.1. The smallest absolute Gasteiger partial charge is 0.251 e. The van der Waals surface area contributed by atoms with Crippen LogP contribution in [0.15, 0.2) is 41.1 Å². The molecule has 1 unspecified atom stereocenters. The van der Waals surface area contributed by atoms with E-state index < -0.39 is 6.10 Å². The molecule has 0 bridgehead atoms. The first-order chi connectivity index (χ1) is 10.2. The Labute approximate surface area is 128 Å². The summed E-state index contributed by atoms with van der Waals surface area (Å²) in [6.07, 6.45) is -0.0312. The number of aliphatic hydroxyl groups excluding tert-OH is 1. The lowest BCUT2D eigenvalue weighted by atomic mass is 10.1. The highest BCUT2D eigenvalue weighted by Gasteiger charge is 2.09. The SMILES string of the molecule is CCOc1ccc(C(=O)NCCC(O)c2ccsc2)cc1. The third kappa shape index (κ3) is 4.58. The Bertz CT molecular complexity index is 551. The zero-order valence-corrected chi connectivity index (χ0v) is 12.7. The summed E-state index contributed by atoms with van der Waals surface area (Å²) in [5.74, 6) is 0.609. The Hall–Kier alpha value is -1.85. The molecule has 2 aromatic rings. The van der Waals surface area contributed by atoms with Crippen LogP contribution in [0, 0.1) is 0 Å². The van der Waals surface area contributed by atoms with Crippen LogP contribution in [0.2, 0.25) is 0 Å². The molecule has 2 N–H and O–H groups in total. The Balaban J connectivity index is 1.79. The largest absolute Gasteiger partial charge is 0.494 e. The molecule has 0 radical (unpaired) electrons. The predicted octanol–water partition coefficient (Wildman–Crippen LogP) is 3.00. The molecule has 1 amide bonds. The van der Waals surface area contributed by atoms with Crippen LogP contribution in [0.5, 0.6) is 5.75 Å². The van der Waals surface area contributed by atoms with Crippen LogP contribution in [0.1, 0.15) is 35.4 Å². The van der Waals surface area contributed by atoms with Gasteiger partial charge in [-0.1, -0.05) is 0 Å². The third-order valence-corrected chi connectivity index (χ3v) is 3.76. The molecule has 4 nitrogen and oxygen atoms in total. The lowest BCUT2D eigenvalue weighted by Gasteiger charge is -2.10. The molecule has 112 valence electrons. The molecule has 0 saturated carbocycles. The van der Waals surface area contributed by atoms with Gasteiger partial charge in [-0.25, -0.2) is 0 Å². The van der Waals surface area contributed by atoms with Gasteiger partial charge in [0.25, 0.3) is 5.91 Å². The van der Waals surface area contributed by atoms with E-state index in [1.165, 1.54) is 0 Å². The van der Waals surface area contributed by atoms with Gasteiger partial charge in [0.2, 0.25) is 0 Å². The van der Waals surface area contributed by atoms with E-state index in [9.17, 15) is 9.90 Å². The fraction of sp³-hybridized carbons (Fsp3) is 0.312. The summed E-state index contributed by atoms with van der Waals surface area (Å²) >= 11 is 1.55. The van der Waals surface area contributed by atoms with Gasteiger partial charge in [-0.15, -0.1) is 0 Å². The van der Waals surface area contributed by atoms with Crippen molar-refractivity contribution in [2.45, 2.75) is 19.4 Å². The molecule has 21 heavy (non-hydrogen) atoms. The minimum atomic E-state index is -0.531. The molecule has 1 heterocycles. The second-order valence-corrected chi connectivity index (χ2v) is 5.35. The van der Waals surface area contributed by atoms with Crippen molar-refractivity contribution >= 4 is 17.2 Å². The van der Waals surface area contributed by atoms with Crippen molar-refractivity contribution in [3.8, 4) is 5.75 Å². The number of ether oxygens (including phenoxy) is 1. The first kappa shape index (κ1) is 15.5. The summed E-state index contributed by atoms with van der Waals surface area (Å²) in [6, 6.07) is 8.91. The normalized spacial score (nSPS) is 11.9. The molecule has 0 aliphatic carbocycles. The van der Waals surface area contributed by atoms with Gasteiger partial charge in [0, 0.05) is 12.1 Å². The molecule has 0 aliphatic rings. The maximum absolute atomic E-state index is 12.0. The van der Waals surface area contributed by atoms with Crippen molar-refractivity contribution in [2.75, 3.05) is 13.2 Å². The number of aliphatic hydroxyl groups is 1. The van der Waals surface area contributed by atoms with E-state index in [1.54, 1.807) is 35.6 Å². The summed E-state index contributed by atoms with van der Waals surface area (Å²) in [5.41, 5.74) is 1.48. The van der Waals surface area contributed by atoms with E-state index in [1.807, 2.05) is 23.8 Å². The molecule has 0 spiro atoms. The summed E-state index contributed by atoms with van der Waals surface area (Å²) in [5, 5.41) is 16.6. The maximum atomic E-state index is 12.0. The van der Waals surface area contributed by atoms with E-state index in [-0.39, 0.29) is 5.91 Å². The summed E-state index contributed by atoms with van der Waals surface area (Å²) in [7, 11) is 0. The number of rotatable bonds is 7. The van der Waals surface area contributed by atoms with Crippen LogP contribution >= 0.6 is 11.3 Å². The van der Waals surface area contributed by atoms with E-state index in [0.29, 0.717) is 25.1 Å².